The Morgan fingerprint density at radius 2 is 1.90 bits per heavy atom. The van der Waals surface area contributed by atoms with Gasteiger partial charge < -0.3 is 15.2 Å². The molecule has 0 radical (unpaired) electrons. The molecule has 0 aliphatic carbocycles. The van der Waals surface area contributed by atoms with Crippen LogP contribution >= 0.6 is 11.6 Å². The van der Waals surface area contributed by atoms with E-state index in [1.807, 2.05) is 56.3 Å². The second-order valence-corrected chi connectivity index (χ2v) is 7.19. The molecule has 0 atom stereocenters. The van der Waals surface area contributed by atoms with Crippen molar-refractivity contribution in [1.82, 2.24) is 10.3 Å². The minimum Gasteiger partial charge on any atom is -0.493 e. The Balaban J connectivity index is 1.58. The monoisotopic (exact) mass is 410 g/mol. The molecule has 1 aromatic heterocycles. The Kier molecular flexibility index (Phi) is 6.73. The topological polar surface area (TPSA) is 71.5 Å². The van der Waals surface area contributed by atoms with Crippen molar-refractivity contribution in [2.75, 3.05) is 6.61 Å². The highest BCUT2D eigenvalue weighted by Crippen LogP contribution is 2.21. The van der Waals surface area contributed by atoms with Gasteiger partial charge in [0.05, 0.1) is 6.61 Å². The maximum Gasteiger partial charge on any atom is 0.251 e. The Morgan fingerprint density at radius 3 is 2.59 bits per heavy atom. The highest BCUT2D eigenvalue weighted by Gasteiger charge is 2.12. The molecular formula is C23H23ClN2O3. The van der Waals surface area contributed by atoms with E-state index in [9.17, 15) is 9.90 Å². The summed E-state index contributed by atoms with van der Waals surface area (Å²) < 4.78 is 5.69. The van der Waals surface area contributed by atoms with E-state index in [4.69, 9.17) is 16.3 Å². The summed E-state index contributed by atoms with van der Waals surface area (Å²) in [5.74, 6) is 0.483. The number of pyridine rings is 1. The first kappa shape index (κ1) is 20.7. The first-order valence-corrected chi connectivity index (χ1v) is 9.72. The number of ether oxygens (including phenoxy) is 1. The maximum absolute atomic E-state index is 12.5. The van der Waals surface area contributed by atoms with Crippen molar-refractivity contribution in [3.63, 3.8) is 0 Å². The van der Waals surface area contributed by atoms with Gasteiger partial charge in [0.15, 0.2) is 0 Å². The molecule has 0 aliphatic heterocycles. The summed E-state index contributed by atoms with van der Waals surface area (Å²) in [4.78, 5) is 16.5. The number of aromatic nitrogens is 1. The molecule has 0 aliphatic rings. The SMILES string of the molecule is Cc1cc(C)c(CNC(=O)c2ccc(CCOc3ccccc3)c(Cl)c2)c(O)n1. The fourth-order valence-corrected chi connectivity index (χ4v) is 3.29. The number of nitrogens with zero attached hydrogens (tertiary/aromatic N) is 1. The van der Waals surface area contributed by atoms with Crippen LogP contribution in [-0.4, -0.2) is 22.6 Å². The van der Waals surface area contributed by atoms with E-state index in [-0.39, 0.29) is 18.3 Å². The zero-order valence-electron chi connectivity index (χ0n) is 16.4. The van der Waals surface area contributed by atoms with Crippen LogP contribution in [0.15, 0.2) is 54.6 Å². The van der Waals surface area contributed by atoms with Crippen molar-refractivity contribution in [3.8, 4) is 11.6 Å². The lowest BCUT2D eigenvalue weighted by atomic mass is 10.1. The molecule has 0 unspecified atom stereocenters. The summed E-state index contributed by atoms with van der Waals surface area (Å²) >= 11 is 6.35. The Labute approximate surface area is 175 Å². The Hall–Kier alpha value is -3.05. The van der Waals surface area contributed by atoms with Crippen LogP contribution in [0.3, 0.4) is 0 Å². The number of hydrogen-bond donors (Lipinski definition) is 2. The lowest BCUT2D eigenvalue weighted by Crippen LogP contribution is -2.23. The van der Waals surface area contributed by atoms with Crippen molar-refractivity contribution in [3.05, 3.63) is 87.6 Å². The van der Waals surface area contributed by atoms with E-state index < -0.39 is 0 Å². The number of para-hydroxylation sites is 1. The molecule has 150 valence electrons. The second kappa shape index (κ2) is 9.43. The van der Waals surface area contributed by atoms with Gasteiger partial charge in [0.2, 0.25) is 5.88 Å². The molecule has 1 heterocycles. The van der Waals surface area contributed by atoms with Gasteiger partial charge in [0.25, 0.3) is 5.91 Å². The van der Waals surface area contributed by atoms with Crippen molar-refractivity contribution in [2.24, 2.45) is 0 Å². The number of benzene rings is 2. The summed E-state index contributed by atoms with van der Waals surface area (Å²) in [6.07, 6.45) is 0.637. The summed E-state index contributed by atoms with van der Waals surface area (Å²) in [7, 11) is 0. The van der Waals surface area contributed by atoms with E-state index >= 15 is 0 Å². The summed E-state index contributed by atoms with van der Waals surface area (Å²) in [6.45, 7) is 4.37. The number of aromatic hydroxyl groups is 1. The zero-order valence-corrected chi connectivity index (χ0v) is 17.2. The molecule has 0 spiro atoms. The number of aryl methyl sites for hydroxylation is 2. The average Bonchev–Trinajstić information content (AvgIpc) is 2.69. The number of amides is 1. The van der Waals surface area contributed by atoms with Gasteiger partial charge >= 0.3 is 0 Å². The van der Waals surface area contributed by atoms with E-state index in [2.05, 4.69) is 10.3 Å². The largest absolute Gasteiger partial charge is 0.493 e. The van der Waals surface area contributed by atoms with Crippen LogP contribution in [0.25, 0.3) is 0 Å². The fraction of sp³-hybridized carbons (Fsp3) is 0.217. The quantitative estimate of drug-likeness (QED) is 0.596. The normalized spacial score (nSPS) is 10.6. The first-order chi connectivity index (χ1) is 13.9. The fourth-order valence-electron chi connectivity index (χ4n) is 3.02. The van der Waals surface area contributed by atoms with Crippen LogP contribution in [0, 0.1) is 13.8 Å². The predicted molar refractivity (Wildman–Crippen MR) is 114 cm³/mol. The maximum atomic E-state index is 12.5. The van der Waals surface area contributed by atoms with Gasteiger partial charge in [-0.15, -0.1) is 0 Å². The van der Waals surface area contributed by atoms with Gasteiger partial charge in [-0.2, -0.15) is 0 Å². The predicted octanol–water partition coefficient (Wildman–Crippen LogP) is 4.61. The molecule has 0 saturated heterocycles. The van der Waals surface area contributed by atoms with Gasteiger partial charge in [0.1, 0.15) is 5.75 Å². The summed E-state index contributed by atoms with van der Waals surface area (Å²) in [6, 6.07) is 16.7. The molecule has 3 rings (SSSR count). The highest BCUT2D eigenvalue weighted by atomic mass is 35.5. The van der Waals surface area contributed by atoms with Crippen molar-refractivity contribution < 1.29 is 14.6 Å². The number of nitrogens with one attached hydrogen (secondary N) is 1. The molecule has 2 aromatic carbocycles. The Bertz CT molecular complexity index is 983. The minimum absolute atomic E-state index is 0.0606. The average molecular weight is 411 g/mol. The smallest absolute Gasteiger partial charge is 0.251 e. The molecule has 0 fully saturated rings. The van der Waals surface area contributed by atoms with Crippen molar-refractivity contribution in [2.45, 2.75) is 26.8 Å². The molecule has 3 aromatic rings. The lowest BCUT2D eigenvalue weighted by Gasteiger charge is -2.11. The molecule has 29 heavy (non-hydrogen) atoms. The zero-order chi connectivity index (χ0) is 20.8. The summed E-state index contributed by atoms with van der Waals surface area (Å²) in [5.41, 5.74) is 3.58. The first-order valence-electron chi connectivity index (χ1n) is 9.34. The molecular weight excluding hydrogens is 388 g/mol. The molecule has 6 heteroatoms. The van der Waals surface area contributed by atoms with Gasteiger partial charge in [-0.3, -0.25) is 4.79 Å². The third-order valence-electron chi connectivity index (χ3n) is 4.58. The third kappa shape index (κ3) is 5.48. The van der Waals surface area contributed by atoms with E-state index in [1.165, 1.54) is 0 Å². The molecule has 1 amide bonds. The molecule has 2 N–H and O–H groups in total. The molecule has 0 bridgehead atoms. The molecule has 5 nitrogen and oxygen atoms in total. The van der Waals surface area contributed by atoms with Gasteiger partial charge in [-0.1, -0.05) is 35.9 Å². The molecule has 0 saturated carbocycles. The number of carbonyl (C=O) groups excluding carboxylic acids is 1. The van der Waals surface area contributed by atoms with Gasteiger partial charge in [-0.05, 0) is 55.3 Å². The van der Waals surface area contributed by atoms with Crippen LogP contribution in [0.5, 0.6) is 11.6 Å². The van der Waals surface area contributed by atoms with Crippen LogP contribution in [0.2, 0.25) is 5.02 Å². The van der Waals surface area contributed by atoms with Crippen molar-refractivity contribution in [1.29, 1.82) is 0 Å². The van der Waals surface area contributed by atoms with Crippen LogP contribution in [0.1, 0.15) is 32.7 Å². The van der Waals surface area contributed by atoms with E-state index in [1.54, 1.807) is 12.1 Å². The Morgan fingerprint density at radius 1 is 1.14 bits per heavy atom. The number of hydrogen-bond acceptors (Lipinski definition) is 4. The number of rotatable bonds is 7. The number of carbonyl (C=O) groups is 1. The second-order valence-electron chi connectivity index (χ2n) is 6.78. The van der Waals surface area contributed by atoms with Gasteiger partial charge in [-0.25, -0.2) is 4.98 Å². The minimum atomic E-state index is -0.265. The highest BCUT2D eigenvalue weighted by molar-refractivity contribution is 6.31. The van der Waals surface area contributed by atoms with E-state index in [0.717, 1.165) is 22.6 Å². The van der Waals surface area contributed by atoms with Crippen LogP contribution < -0.4 is 10.1 Å². The van der Waals surface area contributed by atoms with Crippen LogP contribution in [-0.2, 0) is 13.0 Å². The van der Waals surface area contributed by atoms with Crippen LogP contribution in [0.4, 0.5) is 0 Å². The van der Waals surface area contributed by atoms with E-state index in [0.29, 0.717) is 29.2 Å². The number of halogens is 1. The van der Waals surface area contributed by atoms with Crippen molar-refractivity contribution >= 4 is 17.5 Å². The lowest BCUT2D eigenvalue weighted by molar-refractivity contribution is 0.0950. The standard InChI is InChI=1S/C23H23ClN2O3/c1-15-12-16(2)26-23(28)20(15)14-25-22(27)18-9-8-17(21(24)13-18)10-11-29-19-6-4-3-5-7-19/h3-9,12-13H,10-11,14H2,1-2H3,(H,25,27)(H,26,28). The van der Waals surface area contributed by atoms with Gasteiger partial charge in [0, 0.05) is 34.8 Å². The third-order valence-corrected chi connectivity index (χ3v) is 4.93. The summed E-state index contributed by atoms with van der Waals surface area (Å²) in [5, 5.41) is 13.3.